The van der Waals surface area contributed by atoms with Gasteiger partial charge in [-0.2, -0.15) is 0 Å². The van der Waals surface area contributed by atoms with Gasteiger partial charge in [0.1, 0.15) is 0 Å². The monoisotopic (exact) mass is 241 g/mol. The predicted octanol–water partition coefficient (Wildman–Crippen LogP) is 1.77. The van der Waals surface area contributed by atoms with Crippen LogP contribution in [0.4, 0.5) is 4.79 Å². The van der Waals surface area contributed by atoms with Crippen molar-refractivity contribution in [3.8, 4) is 0 Å². The second kappa shape index (κ2) is 7.54. The average molecular weight is 241 g/mol. The summed E-state index contributed by atoms with van der Waals surface area (Å²) in [5.41, 5.74) is 0. The average Bonchev–Trinajstić information content (AvgIpc) is 2.35. The Hall–Kier alpha value is -0.770. The second-order valence-corrected chi connectivity index (χ2v) is 4.93. The van der Waals surface area contributed by atoms with Gasteiger partial charge in [-0.05, 0) is 31.8 Å². The summed E-state index contributed by atoms with van der Waals surface area (Å²) in [5.74, 6) is 0.773. The zero-order chi connectivity index (χ0) is 12.7. The Morgan fingerprint density at radius 3 is 2.41 bits per heavy atom. The molecule has 0 spiro atoms. The lowest BCUT2D eigenvalue weighted by Crippen LogP contribution is -2.46. The number of hydrogen-bond donors (Lipinski definition) is 1. The summed E-state index contributed by atoms with van der Waals surface area (Å²) >= 11 is 0. The Morgan fingerprint density at radius 2 is 1.88 bits per heavy atom. The van der Waals surface area contributed by atoms with Gasteiger partial charge >= 0.3 is 6.03 Å². The van der Waals surface area contributed by atoms with Crippen LogP contribution in [-0.4, -0.2) is 55.1 Å². The van der Waals surface area contributed by atoms with Gasteiger partial charge in [0.05, 0.1) is 0 Å². The Balaban J connectivity index is 2.16. The molecule has 1 saturated heterocycles. The number of rotatable bonds is 5. The molecule has 4 heteroatoms. The van der Waals surface area contributed by atoms with Crippen molar-refractivity contribution in [2.45, 2.75) is 33.6 Å². The smallest absolute Gasteiger partial charge is 0.317 e. The molecule has 0 radical (unpaired) electrons. The Bertz CT molecular complexity index is 221. The van der Waals surface area contributed by atoms with E-state index in [-0.39, 0.29) is 6.03 Å². The summed E-state index contributed by atoms with van der Waals surface area (Å²) in [6.45, 7) is 12.2. The van der Waals surface area contributed by atoms with Crippen molar-refractivity contribution in [3.05, 3.63) is 0 Å². The normalized spacial score (nSPS) is 17.5. The molecule has 0 aromatic rings. The Kier molecular flexibility index (Phi) is 6.34. The summed E-state index contributed by atoms with van der Waals surface area (Å²) in [5, 5.41) is 3.01. The van der Waals surface area contributed by atoms with Crippen LogP contribution in [-0.2, 0) is 0 Å². The number of nitrogens with one attached hydrogen (secondary N) is 1. The van der Waals surface area contributed by atoms with Crippen molar-refractivity contribution >= 4 is 6.03 Å². The molecule has 0 unspecified atom stereocenters. The second-order valence-electron chi connectivity index (χ2n) is 4.93. The highest BCUT2D eigenvalue weighted by Gasteiger charge is 2.19. The third-order valence-electron chi connectivity index (χ3n) is 3.67. The summed E-state index contributed by atoms with van der Waals surface area (Å²) < 4.78 is 0. The molecule has 0 aliphatic carbocycles. The number of likely N-dealkylation sites (tertiary alicyclic amines) is 1. The van der Waals surface area contributed by atoms with Gasteiger partial charge in [0.25, 0.3) is 0 Å². The maximum atomic E-state index is 11.9. The maximum Gasteiger partial charge on any atom is 0.317 e. The van der Waals surface area contributed by atoms with Gasteiger partial charge in [0.2, 0.25) is 0 Å². The molecule has 0 atom stereocenters. The molecule has 1 rings (SSSR count). The number of hydrogen-bond acceptors (Lipinski definition) is 2. The van der Waals surface area contributed by atoms with Crippen LogP contribution in [0.5, 0.6) is 0 Å². The van der Waals surface area contributed by atoms with E-state index in [0.717, 1.165) is 58.0 Å². The summed E-state index contributed by atoms with van der Waals surface area (Å²) in [7, 11) is 0. The molecule has 1 aliphatic heterocycles. The molecular weight excluding hydrogens is 214 g/mol. The van der Waals surface area contributed by atoms with E-state index in [0.29, 0.717) is 0 Å². The van der Waals surface area contributed by atoms with E-state index in [9.17, 15) is 4.79 Å². The van der Waals surface area contributed by atoms with E-state index in [1.165, 1.54) is 0 Å². The minimum Gasteiger partial charge on any atom is -0.337 e. The summed E-state index contributed by atoms with van der Waals surface area (Å²) in [6.07, 6.45) is 2.28. The minimum absolute atomic E-state index is 0.115. The van der Waals surface area contributed by atoms with Gasteiger partial charge in [-0.3, -0.25) is 0 Å². The first kappa shape index (κ1) is 14.3. The lowest BCUT2D eigenvalue weighted by atomic mass is 10.00. The molecule has 0 aromatic carbocycles. The molecule has 0 bridgehead atoms. The van der Waals surface area contributed by atoms with Crippen LogP contribution in [0.25, 0.3) is 0 Å². The zero-order valence-electron chi connectivity index (χ0n) is 11.5. The van der Waals surface area contributed by atoms with E-state index in [2.05, 4.69) is 31.0 Å². The molecular formula is C13H27N3O. The summed E-state index contributed by atoms with van der Waals surface area (Å²) in [6, 6.07) is 0.115. The van der Waals surface area contributed by atoms with E-state index in [1.54, 1.807) is 0 Å². The van der Waals surface area contributed by atoms with E-state index >= 15 is 0 Å². The van der Waals surface area contributed by atoms with Gasteiger partial charge in [0, 0.05) is 26.2 Å². The van der Waals surface area contributed by atoms with Gasteiger partial charge < -0.3 is 15.1 Å². The molecule has 1 N–H and O–H groups in total. The lowest BCUT2D eigenvalue weighted by Gasteiger charge is -2.30. The first-order valence-electron chi connectivity index (χ1n) is 6.92. The fraction of sp³-hybridized carbons (Fsp3) is 0.923. The molecule has 17 heavy (non-hydrogen) atoms. The molecule has 0 saturated carbocycles. The van der Waals surface area contributed by atoms with Crippen molar-refractivity contribution in [1.29, 1.82) is 0 Å². The molecule has 100 valence electrons. The van der Waals surface area contributed by atoms with Gasteiger partial charge in [-0.25, -0.2) is 4.79 Å². The van der Waals surface area contributed by atoms with Gasteiger partial charge in [-0.15, -0.1) is 0 Å². The molecule has 1 aliphatic rings. The fourth-order valence-electron chi connectivity index (χ4n) is 2.18. The minimum atomic E-state index is 0.115. The SMILES string of the molecule is CCN(CC)CCNC(=O)N1CCC(C)CC1. The topological polar surface area (TPSA) is 35.6 Å². The third-order valence-corrected chi connectivity index (χ3v) is 3.67. The molecule has 2 amide bonds. The fourth-order valence-corrected chi connectivity index (χ4v) is 2.18. The number of nitrogens with zero attached hydrogens (tertiary/aromatic N) is 2. The first-order valence-corrected chi connectivity index (χ1v) is 6.92. The number of carbonyl (C=O) groups is 1. The molecule has 4 nitrogen and oxygen atoms in total. The zero-order valence-corrected chi connectivity index (χ0v) is 11.5. The van der Waals surface area contributed by atoms with Crippen molar-refractivity contribution in [2.75, 3.05) is 39.3 Å². The van der Waals surface area contributed by atoms with Crippen molar-refractivity contribution in [1.82, 2.24) is 15.1 Å². The van der Waals surface area contributed by atoms with Crippen LogP contribution in [0.3, 0.4) is 0 Å². The molecule has 0 aromatic heterocycles. The highest BCUT2D eigenvalue weighted by Crippen LogP contribution is 2.15. The van der Waals surface area contributed by atoms with Crippen LogP contribution < -0.4 is 5.32 Å². The first-order chi connectivity index (χ1) is 8.17. The predicted molar refractivity (Wildman–Crippen MR) is 71.2 cm³/mol. The van der Waals surface area contributed by atoms with Crippen LogP contribution in [0.2, 0.25) is 0 Å². The highest BCUT2D eigenvalue weighted by atomic mass is 16.2. The lowest BCUT2D eigenvalue weighted by molar-refractivity contribution is 0.172. The van der Waals surface area contributed by atoms with Crippen molar-refractivity contribution in [3.63, 3.8) is 0 Å². The number of amides is 2. The number of piperidine rings is 1. The van der Waals surface area contributed by atoms with Gasteiger partial charge in [0.15, 0.2) is 0 Å². The van der Waals surface area contributed by atoms with Crippen LogP contribution in [0, 0.1) is 5.92 Å². The summed E-state index contributed by atoms with van der Waals surface area (Å²) in [4.78, 5) is 16.1. The van der Waals surface area contributed by atoms with Crippen LogP contribution >= 0.6 is 0 Å². The van der Waals surface area contributed by atoms with Crippen LogP contribution in [0.1, 0.15) is 33.6 Å². The highest BCUT2D eigenvalue weighted by molar-refractivity contribution is 5.74. The standard InChI is InChI=1S/C13H27N3O/c1-4-15(5-2)11-8-14-13(17)16-9-6-12(3)7-10-16/h12H,4-11H2,1-3H3,(H,14,17). The van der Waals surface area contributed by atoms with Crippen molar-refractivity contribution < 1.29 is 4.79 Å². The van der Waals surface area contributed by atoms with E-state index in [4.69, 9.17) is 0 Å². The Morgan fingerprint density at radius 1 is 1.29 bits per heavy atom. The Labute approximate surface area is 105 Å². The van der Waals surface area contributed by atoms with E-state index < -0.39 is 0 Å². The van der Waals surface area contributed by atoms with E-state index in [1.807, 2.05) is 4.90 Å². The number of urea groups is 1. The van der Waals surface area contributed by atoms with Gasteiger partial charge in [-0.1, -0.05) is 20.8 Å². The molecule has 1 heterocycles. The number of carbonyl (C=O) groups excluding carboxylic acids is 1. The largest absolute Gasteiger partial charge is 0.337 e. The number of likely N-dealkylation sites (N-methyl/N-ethyl adjacent to an activating group) is 1. The third kappa shape index (κ3) is 4.94. The van der Waals surface area contributed by atoms with Crippen molar-refractivity contribution in [2.24, 2.45) is 5.92 Å². The molecule has 1 fully saturated rings. The quantitative estimate of drug-likeness (QED) is 0.796. The maximum absolute atomic E-state index is 11.9. The van der Waals surface area contributed by atoms with Crippen LogP contribution in [0.15, 0.2) is 0 Å².